The maximum atomic E-state index is 8.54. The van der Waals surface area contributed by atoms with Gasteiger partial charge >= 0.3 is 0 Å². The molecule has 0 saturated carbocycles. The highest BCUT2D eigenvalue weighted by molar-refractivity contribution is 4.58. The lowest BCUT2D eigenvalue weighted by molar-refractivity contribution is -0.0134. The summed E-state index contributed by atoms with van der Waals surface area (Å²) in [6.45, 7) is 10.4. The molecule has 6 heteroatoms. The van der Waals surface area contributed by atoms with Gasteiger partial charge in [0.15, 0.2) is 0 Å². The van der Waals surface area contributed by atoms with Crippen molar-refractivity contribution in [1.29, 1.82) is 0 Å². The number of hydrogen-bond acceptors (Lipinski definition) is 6. The molecule has 6 nitrogen and oxygen atoms in total. The number of unbranched alkanes of at least 4 members (excludes halogenated alkanes) is 3. The van der Waals surface area contributed by atoms with Crippen LogP contribution in [0.5, 0.6) is 0 Å². The Kier molecular flexibility index (Phi) is 24.6. The van der Waals surface area contributed by atoms with E-state index in [2.05, 4.69) is 13.8 Å². The fraction of sp³-hybridized carbons (Fsp3) is 1.00. The van der Waals surface area contributed by atoms with E-state index in [-0.39, 0.29) is 6.61 Å². The predicted molar refractivity (Wildman–Crippen MR) is 113 cm³/mol. The molecule has 0 aliphatic rings. The van der Waals surface area contributed by atoms with Crippen LogP contribution in [0, 0.1) is 5.92 Å². The highest BCUT2D eigenvalue weighted by Gasteiger charge is 2.05. The second-order valence-corrected chi connectivity index (χ2v) is 7.05. The molecule has 28 heavy (non-hydrogen) atoms. The van der Waals surface area contributed by atoms with Crippen LogP contribution in [0.3, 0.4) is 0 Å². The van der Waals surface area contributed by atoms with Crippen molar-refractivity contribution in [3.63, 3.8) is 0 Å². The molecule has 0 saturated heterocycles. The molecule has 0 aromatic rings. The van der Waals surface area contributed by atoms with E-state index in [9.17, 15) is 0 Å². The molecule has 170 valence electrons. The quantitative estimate of drug-likeness (QED) is 0.246. The van der Waals surface area contributed by atoms with E-state index >= 15 is 0 Å². The topological polar surface area (TPSA) is 66.4 Å². The second kappa shape index (κ2) is 24.8. The van der Waals surface area contributed by atoms with Crippen LogP contribution in [0.2, 0.25) is 0 Å². The third-order valence-corrected chi connectivity index (χ3v) is 4.67. The van der Waals surface area contributed by atoms with Crippen molar-refractivity contribution >= 4 is 0 Å². The molecular formula is C22H46O6. The van der Waals surface area contributed by atoms with Crippen LogP contribution in [-0.4, -0.2) is 77.8 Å². The van der Waals surface area contributed by atoms with Gasteiger partial charge in [0.2, 0.25) is 0 Å². The minimum absolute atomic E-state index is 0.0483. The van der Waals surface area contributed by atoms with Crippen LogP contribution in [0.4, 0.5) is 0 Å². The molecule has 0 aliphatic carbocycles. The van der Waals surface area contributed by atoms with Crippen molar-refractivity contribution in [2.45, 2.75) is 65.2 Å². The van der Waals surface area contributed by atoms with Crippen molar-refractivity contribution < 1.29 is 28.8 Å². The van der Waals surface area contributed by atoms with Gasteiger partial charge in [-0.05, 0) is 12.3 Å². The molecule has 0 heterocycles. The summed E-state index contributed by atoms with van der Waals surface area (Å²) in [5.74, 6) is 0.903. The zero-order valence-corrected chi connectivity index (χ0v) is 18.5. The van der Waals surface area contributed by atoms with Crippen LogP contribution >= 0.6 is 0 Å². The second-order valence-electron chi connectivity index (χ2n) is 7.05. The lowest BCUT2D eigenvalue weighted by Crippen LogP contribution is -2.13. The summed E-state index contributed by atoms with van der Waals surface area (Å²) in [5, 5.41) is 8.54. The molecule has 0 fully saturated rings. The van der Waals surface area contributed by atoms with Gasteiger partial charge in [0.05, 0.1) is 66.1 Å². The minimum Gasteiger partial charge on any atom is -0.394 e. The van der Waals surface area contributed by atoms with Gasteiger partial charge in [-0.25, -0.2) is 0 Å². The predicted octanol–water partition coefficient (Wildman–Crippen LogP) is 3.84. The lowest BCUT2D eigenvalue weighted by Gasteiger charge is -2.14. The van der Waals surface area contributed by atoms with Crippen LogP contribution in [0.15, 0.2) is 0 Å². The number of hydrogen-bond donors (Lipinski definition) is 1. The van der Waals surface area contributed by atoms with Crippen molar-refractivity contribution in [2.75, 3.05) is 72.7 Å². The first-order chi connectivity index (χ1) is 13.8. The van der Waals surface area contributed by atoms with Gasteiger partial charge in [-0.2, -0.15) is 0 Å². The van der Waals surface area contributed by atoms with Gasteiger partial charge in [0.1, 0.15) is 0 Å². The van der Waals surface area contributed by atoms with Crippen molar-refractivity contribution in [1.82, 2.24) is 0 Å². The SMILES string of the molecule is CCCCCC(CC)CCCCOCCOCCOCCOCCOCCO. The van der Waals surface area contributed by atoms with Crippen molar-refractivity contribution in [2.24, 2.45) is 5.92 Å². The molecule has 0 spiro atoms. The largest absolute Gasteiger partial charge is 0.394 e. The monoisotopic (exact) mass is 406 g/mol. The average molecular weight is 407 g/mol. The molecule has 1 N–H and O–H groups in total. The molecule has 0 aromatic carbocycles. The Hall–Kier alpha value is -0.240. The van der Waals surface area contributed by atoms with E-state index in [4.69, 9.17) is 28.8 Å². The van der Waals surface area contributed by atoms with Crippen LogP contribution in [0.25, 0.3) is 0 Å². The third-order valence-electron chi connectivity index (χ3n) is 4.67. The van der Waals surface area contributed by atoms with E-state index in [0.29, 0.717) is 59.5 Å². The fourth-order valence-corrected chi connectivity index (χ4v) is 2.92. The molecule has 0 aromatic heterocycles. The van der Waals surface area contributed by atoms with E-state index in [1.807, 2.05) is 0 Å². The van der Waals surface area contributed by atoms with E-state index < -0.39 is 0 Å². The molecular weight excluding hydrogens is 360 g/mol. The molecule has 0 amide bonds. The summed E-state index contributed by atoms with van der Waals surface area (Å²) in [7, 11) is 0. The number of rotatable bonds is 24. The highest BCUT2D eigenvalue weighted by Crippen LogP contribution is 2.19. The summed E-state index contributed by atoms with van der Waals surface area (Å²) >= 11 is 0. The van der Waals surface area contributed by atoms with Gasteiger partial charge in [0, 0.05) is 6.61 Å². The molecule has 1 atom stereocenters. The van der Waals surface area contributed by atoms with Crippen molar-refractivity contribution in [3.05, 3.63) is 0 Å². The van der Waals surface area contributed by atoms with Gasteiger partial charge < -0.3 is 28.8 Å². The zero-order chi connectivity index (χ0) is 20.5. The fourth-order valence-electron chi connectivity index (χ4n) is 2.92. The van der Waals surface area contributed by atoms with Gasteiger partial charge in [-0.1, -0.05) is 58.8 Å². The normalized spacial score (nSPS) is 12.5. The summed E-state index contributed by atoms with van der Waals surface area (Å²) in [6, 6.07) is 0. The van der Waals surface area contributed by atoms with Gasteiger partial charge in [-0.3, -0.25) is 0 Å². The highest BCUT2D eigenvalue weighted by atomic mass is 16.6. The summed E-state index contributed by atoms with van der Waals surface area (Å²) in [6.07, 6.45) is 10.6. The maximum Gasteiger partial charge on any atom is 0.0701 e. The van der Waals surface area contributed by atoms with Crippen LogP contribution < -0.4 is 0 Å². The van der Waals surface area contributed by atoms with E-state index in [0.717, 1.165) is 18.9 Å². The van der Waals surface area contributed by atoms with E-state index in [1.165, 1.54) is 44.9 Å². The number of ether oxygens (including phenoxy) is 5. The summed E-state index contributed by atoms with van der Waals surface area (Å²) in [4.78, 5) is 0. The minimum atomic E-state index is 0.0483. The van der Waals surface area contributed by atoms with Gasteiger partial charge in [-0.15, -0.1) is 0 Å². The van der Waals surface area contributed by atoms with Crippen LogP contribution in [0.1, 0.15) is 65.2 Å². The Morgan fingerprint density at radius 1 is 0.536 bits per heavy atom. The molecule has 0 rings (SSSR count). The van der Waals surface area contributed by atoms with Crippen molar-refractivity contribution in [3.8, 4) is 0 Å². The lowest BCUT2D eigenvalue weighted by atomic mass is 9.93. The van der Waals surface area contributed by atoms with Gasteiger partial charge in [0.25, 0.3) is 0 Å². The Morgan fingerprint density at radius 2 is 0.964 bits per heavy atom. The molecule has 0 aliphatic heterocycles. The smallest absolute Gasteiger partial charge is 0.0701 e. The standard InChI is InChI=1S/C22H46O6/c1-3-5-6-9-22(4-2)10-7-8-12-24-14-16-26-18-20-28-21-19-27-17-15-25-13-11-23/h22-23H,3-21H2,1-2H3. The number of aliphatic hydroxyl groups excluding tert-OH is 1. The Labute approximate surface area is 173 Å². The van der Waals surface area contributed by atoms with E-state index in [1.54, 1.807) is 0 Å². The maximum absolute atomic E-state index is 8.54. The molecule has 0 bridgehead atoms. The number of aliphatic hydroxyl groups is 1. The molecule has 1 unspecified atom stereocenters. The Balaban J connectivity index is 3.13. The first-order valence-corrected chi connectivity index (χ1v) is 11.3. The zero-order valence-electron chi connectivity index (χ0n) is 18.5. The Bertz CT molecular complexity index is 278. The summed E-state index contributed by atoms with van der Waals surface area (Å²) in [5.41, 5.74) is 0. The average Bonchev–Trinajstić information content (AvgIpc) is 2.71. The first-order valence-electron chi connectivity index (χ1n) is 11.3. The third kappa shape index (κ3) is 22.1. The summed E-state index contributed by atoms with van der Waals surface area (Å²) < 4.78 is 26.9. The Morgan fingerprint density at radius 3 is 1.39 bits per heavy atom. The van der Waals surface area contributed by atoms with Crippen LogP contribution in [-0.2, 0) is 23.7 Å². The first kappa shape index (κ1) is 27.8. The molecule has 0 radical (unpaired) electrons.